The number of rotatable bonds is 5. The van der Waals surface area contributed by atoms with E-state index in [-0.39, 0.29) is 19.4 Å². The maximum Gasteiger partial charge on any atom is 0.352 e. The molecule has 0 heterocycles. The second-order valence-electron chi connectivity index (χ2n) is 5.82. The largest absolute Gasteiger partial charge is 0.383 e. The monoisotopic (exact) mass is 316 g/mol. The molecule has 1 fully saturated rings. The minimum absolute atomic E-state index is 0.0976. The first-order valence-corrected chi connectivity index (χ1v) is 7.01. The first-order valence-electron chi connectivity index (χ1n) is 7.01. The van der Waals surface area contributed by atoms with E-state index in [0.29, 0.717) is 17.7 Å². The third-order valence-corrected chi connectivity index (χ3v) is 4.00. The second-order valence-corrected chi connectivity index (χ2v) is 5.82. The maximum atomic E-state index is 13.9. The van der Waals surface area contributed by atoms with Gasteiger partial charge in [0.1, 0.15) is 11.4 Å². The van der Waals surface area contributed by atoms with Crippen LogP contribution in [0.4, 0.5) is 18.9 Å². The van der Waals surface area contributed by atoms with Crippen molar-refractivity contribution in [3.8, 4) is 0 Å². The van der Waals surface area contributed by atoms with Crippen molar-refractivity contribution < 1.29 is 23.1 Å². The molecule has 0 saturated heterocycles. The number of carbonyl (C=O) groups excluding carboxylic acids is 1. The molecule has 0 atom stereocenters. The lowest BCUT2D eigenvalue weighted by Gasteiger charge is -2.41. The molecule has 1 amide bonds. The van der Waals surface area contributed by atoms with Crippen LogP contribution in [-0.2, 0) is 11.3 Å². The van der Waals surface area contributed by atoms with Crippen LogP contribution in [-0.4, -0.2) is 36.6 Å². The zero-order chi connectivity index (χ0) is 16.5. The number of halogens is 3. The number of alkyl halides is 2. The quantitative estimate of drug-likeness (QED) is 0.874. The molecule has 1 aromatic carbocycles. The molecule has 2 N–H and O–H groups in total. The van der Waals surface area contributed by atoms with Gasteiger partial charge in [-0.05, 0) is 37.0 Å². The van der Waals surface area contributed by atoms with Crippen LogP contribution in [0.1, 0.15) is 24.8 Å². The summed E-state index contributed by atoms with van der Waals surface area (Å²) in [5, 5.41) is 11.7. The van der Waals surface area contributed by atoms with Crippen molar-refractivity contribution >= 4 is 11.6 Å². The number of nitrogens with zero attached hydrogens (tertiary/aromatic N) is 1. The van der Waals surface area contributed by atoms with Gasteiger partial charge in [0, 0.05) is 20.6 Å². The van der Waals surface area contributed by atoms with Gasteiger partial charge in [-0.15, -0.1) is 0 Å². The maximum absolute atomic E-state index is 13.9. The summed E-state index contributed by atoms with van der Waals surface area (Å²) in [6, 6.07) is 4.25. The average molecular weight is 316 g/mol. The van der Waals surface area contributed by atoms with E-state index in [0.717, 1.165) is 0 Å². The summed E-state index contributed by atoms with van der Waals surface area (Å²) in [5.41, 5.74) is -1.52. The topological polar surface area (TPSA) is 52.6 Å². The Kier molecular flexibility index (Phi) is 4.37. The third-order valence-electron chi connectivity index (χ3n) is 4.00. The first-order chi connectivity index (χ1) is 10.2. The number of hydrogen-bond acceptors (Lipinski definition) is 3. The first kappa shape index (κ1) is 16.6. The molecule has 0 spiro atoms. The lowest BCUT2D eigenvalue weighted by molar-refractivity contribution is -0.216. The lowest BCUT2D eigenvalue weighted by atomic mass is 9.75. The average Bonchev–Trinajstić information content (AvgIpc) is 2.41. The molecule has 2 rings (SSSR count). The smallest absolute Gasteiger partial charge is 0.352 e. The molecule has 1 aromatic rings. The van der Waals surface area contributed by atoms with Crippen LogP contribution in [0.3, 0.4) is 0 Å². The van der Waals surface area contributed by atoms with Gasteiger partial charge in [-0.1, -0.05) is 6.07 Å². The van der Waals surface area contributed by atoms with Crippen molar-refractivity contribution in [3.05, 3.63) is 29.6 Å². The van der Waals surface area contributed by atoms with E-state index >= 15 is 0 Å². The Bertz CT molecular complexity index is 572. The Morgan fingerprint density at radius 2 is 2.05 bits per heavy atom. The number of amides is 1. The van der Waals surface area contributed by atoms with E-state index in [4.69, 9.17) is 0 Å². The minimum atomic E-state index is -3.84. The predicted molar refractivity (Wildman–Crippen MR) is 76.3 cm³/mol. The van der Waals surface area contributed by atoms with Crippen LogP contribution in [0.15, 0.2) is 18.2 Å². The van der Waals surface area contributed by atoms with Gasteiger partial charge >= 0.3 is 5.92 Å². The Labute approximate surface area is 126 Å². The molecule has 0 bridgehead atoms. The van der Waals surface area contributed by atoms with Gasteiger partial charge in [0.25, 0.3) is 5.91 Å². The van der Waals surface area contributed by atoms with Crippen LogP contribution in [0.2, 0.25) is 0 Å². The molecule has 1 aliphatic carbocycles. The van der Waals surface area contributed by atoms with Crippen molar-refractivity contribution in [1.29, 1.82) is 0 Å². The summed E-state index contributed by atoms with van der Waals surface area (Å²) in [7, 11) is 3.36. The Balaban J connectivity index is 2.01. The van der Waals surface area contributed by atoms with E-state index in [1.54, 1.807) is 25.1 Å². The fraction of sp³-hybridized carbons (Fsp3) is 0.533. The molecule has 7 heteroatoms. The van der Waals surface area contributed by atoms with Crippen LogP contribution >= 0.6 is 0 Å². The van der Waals surface area contributed by atoms with Gasteiger partial charge in [0.05, 0.1) is 5.69 Å². The summed E-state index contributed by atoms with van der Waals surface area (Å²) in [6.07, 6.45) is 0.274. The number of nitrogens with one attached hydrogen (secondary N) is 1. The van der Waals surface area contributed by atoms with Crippen molar-refractivity contribution in [2.75, 3.05) is 19.0 Å². The summed E-state index contributed by atoms with van der Waals surface area (Å²) in [5.74, 6) is -5.87. The number of hydrogen-bond donors (Lipinski definition) is 2. The molecule has 0 aliphatic heterocycles. The van der Waals surface area contributed by atoms with E-state index in [1.165, 1.54) is 12.1 Å². The molecule has 1 saturated carbocycles. The summed E-state index contributed by atoms with van der Waals surface area (Å²) in [6.45, 7) is -0.227. The highest BCUT2D eigenvalue weighted by molar-refractivity contribution is 5.85. The molecule has 1 aliphatic rings. The predicted octanol–water partition coefficient (Wildman–Crippen LogP) is 2.06. The molecule has 122 valence electrons. The zero-order valence-electron chi connectivity index (χ0n) is 12.5. The van der Waals surface area contributed by atoms with Crippen LogP contribution in [0, 0.1) is 5.82 Å². The highest BCUT2D eigenvalue weighted by Crippen LogP contribution is 2.44. The van der Waals surface area contributed by atoms with Crippen LogP contribution in [0.5, 0.6) is 0 Å². The fourth-order valence-corrected chi connectivity index (χ4v) is 2.35. The van der Waals surface area contributed by atoms with Gasteiger partial charge in [0.15, 0.2) is 0 Å². The van der Waals surface area contributed by atoms with Gasteiger partial charge in [-0.25, -0.2) is 4.39 Å². The Morgan fingerprint density at radius 3 is 2.50 bits per heavy atom. The van der Waals surface area contributed by atoms with Gasteiger partial charge in [-0.3, -0.25) is 4.79 Å². The van der Waals surface area contributed by atoms with Crippen molar-refractivity contribution in [3.63, 3.8) is 0 Å². The highest BCUT2D eigenvalue weighted by Gasteiger charge is 2.61. The normalized spacial score (nSPS) is 16.8. The minimum Gasteiger partial charge on any atom is -0.383 e. The van der Waals surface area contributed by atoms with E-state index in [9.17, 15) is 23.1 Å². The summed E-state index contributed by atoms with van der Waals surface area (Å²) >= 11 is 0. The van der Waals surface area contributed by atoms with Gasteiger partial charge in [0.2, 0.25) is 0 Å². The molecule has 0 aromatic heterocycles. The van der Waals surface area contributed by atoms with Crippen LogP contribution < -0.4 is 10.2 Å². The number of carbonyl (C=O) groups is 1. The molecule has 0 unspecified atom stereocenters. The fourth-order valence-electron chi connectivity index (χ4n) is 2.35. The summed E-state index contributed by atoms with van der Waals surface area (Å²) < 4.78 is 41.5. The van der Waals surface area contributed by atoms with Crippen molar-refractivity contribution in [2.24, 2.45) is 0 Å². The van der Waals surface area contributed by atoms with E-state index in [1.807, 2.05) is 0 Å². The summed E-state index contributed by atoms with van der Waals surface area (Å²) in [4.78, 5) is 13.2. The van der Waals surface area contributed by atoms with Crippen LogP contribution in [0.25, 0.3) is 0 Å². The molecular formula is C15H19F3N2O2. The zero-order valence-corrected chi connectivity index (χ0v) is 12.5. The third kappa shape index (κ3) is 2.90. The highest BCUT2D eigenvalue weighted by atomic mass is 19.3. The molecule has 22 heavy (non-hydrogen) atoms. The van der Waals surface area contributed by atoms with Gasteiger partial charge in [-0.2, -0.15) is 8.78 Å². The Hall–Kier alpha value is -1.76. The number of aliphatic hydroxyl groups is 1. The van der Waals surface area contributed by atoms with Crippen molar-refractivity contribution in [1.82, 2.24) is 5.32 Å². The second kappa shape index (κ2) is 5.79. The van der Waals surface area contributed by atoms with E-state index < -0.39 is 23.2 Å². The van der Waals surface area contributed by atoms with Crippen molar-refractivity contribution in [2.45, 2.75) is 37.3 Å². The number of anilines is 1. The van der Waals surface area contributed by atoms with Gasteiger partial charge < -0.3 is 15.3 Å². The molecule has 0 radical (unpaired) electrons. The SMILES string of the molecule is CN(C)c1ccc(CNC(=O)C(F)(F)C2(O)CCC2)cc1F. The Morgan fingerprint density at radius 1 is 1.41 bits per heavy atom. The lowest BCUT2D eigenvalue weighted by Crippen LogP contribution is -2.60. The number of benzene rings is 1. The molecular weight excluding hydrogens is 297 g/mol. The van der Waals surface area contributed by atoms with E-state index in [2.05, 4.69) is 5.32 Å². The molecule has 4 nitrogen and oxygen atoms in total. The standard InChI is InChI=1S/C15H19F3N2O2/c1-20(2)12-5-4-10(8-11(12)16)9-19-13(21)15(17,18)14(22)6-3-7-14/h4-5,8,22H,3,6-7,9H2,1-2H3,(H,19,21).